The second kappa shape index (κ2) is 5.51. The van der Waals surface area contributed by atoms with Crippen molar-refractivity contribution in [3.05, 3.63) is 42.2 Å². The molecule has 24 heavy (non-hydrogen) atoms. The Hall–Kier alpha value is -2.57. The summed E-state index contributed by atoms with van der Waals surface area (Å²) in [5.74, 6) is -0.807. The summed E-state index contributed by atoms with van der Waals surface area (Å²) in [7, 11) is -8.74. The van der Waals surface area contributed by atoms with Crippen LogP contribution in [0.15, 0.2) is 50.8 Å². The lowest BCUT2D eigenvalue weighted by Gasteiger charge is -2.09. The van der Waals surface area contributed by atoms with E-state index in [4.69, 9.17) is 4.55 Å². The number of anilines is 1. The molecule has 0 bridgehead atoms. The van der Waals surface area contributed by atoms with Gasteiger partial charge >= 0.3 is 0 Å². The summed E-state index contributed by atoms with van der Waals surface area (Å²) in [6, 6.07) is 6.37. The number of nitrogens with one attached hydrogen (secondary N) is 1. The van der Waals surface area contributed by atoms with E-state index in [9.17, 15) is 21.2 Å². The van der Waals surface area contributed by atoms with Crippen LogP contribution in [-0.2, 0) is 20.1 Å². The monoisotopic (exact) mass is 373 g/mol. The van der Waals surface area contributed by atoms with E-state index in [1.807, 2.05) is 0 Å². The van der Waals surface area contributed by atoms with Crippen LogP contribution in [0.4, 0.5) is 10.1 Å². The zero-order valence-corrected chi connectivity index (χ0v) is 13.2. The Morgan fingerprint density at radius 3 is 2.46 bits per heavy atom. The highest BCUT2D eigenvalue weighted by atomic mass is 32.2. The highest BCUT2D eigenvalue weighted by molar-refractivity contribution is 7.93. The maximum absolute atomic E-state index is 13.5. The van der Waals surface area contributed by atoms with Gasteiger partial charge in [0.1, 0.15) is 4.90 Å². The molecule has 0 fully saturated rings. The van der Waals surface area contributed by atoms with Crippen molar-refractivity contribution in [2.45, 2.75) is 9.79 Å². The molecule has 2 N–H and O–H groups in total. The summed E-state index contributed by atoms with van der Waals surface area (Å²) in [6.07, 6.45) is 0. The van der Waals surface area contributed by atoms with Crippen molar-refractivity contribution in [1.82, 2.24) is 10.3 Å². The van der Waals surface area contributed by atoms with Gasteiger partial charge in [0, 0.05) is 0 Å². The first-order valence-corrected chi connectivity index (χ1v) is 9.12. The molecule has 0 unspecified atom stereocenters. The molecule has 0 atom stereocenters. The molecule has 0 saturated heterocycles. The normalized spacial score (nSPS) is 12.4. The summed E-state index contributed by atoms with van der Waals surface area (Å²) in [6.45, 7) is 0. The smallest absolute Gasteiger partial charge is 0.282 e. The van der Waals surface area contributed by atoms with Gasteiger partial charge in [-0.1, -0.05) is 6.07 Å². The Morgan fingerprint density at radius 1 is 1.04 bits per heavy atom. The molecule has 0 spiro atoms. The zero-order chi connectivity index (χ0) is 17.5. The van der Waals surface area contributed by atoms with Gasteiger partial charge in [-0.25, -0.2) is 17.4 Å². The number of rotatable bonds is 4. The molecule has 0 aliphatic heterocycles. The van der Waals surface area contributed by atoms with Crippen LogP contribution >= 0.6 is 0 Å². The minimum absolute atomic E-state index is 0.126. The van der Waals surface area contributed by atoms with Crippen LogP contribution in [0.25, 0.3) is 11.0 Å². The average Bonchev–Trinajstić information content (AvgIpc) is 2.96. The Balaban J connectivity index is 2.06. The molecule has 0 saturated carbocycles. The molecule has 126 valence electrons. The first-order chi connectivity index (χ1) is 11.2. The number of fused-ring (bicyclic) bond motifs is 1. The van der Waals surface area contributed by atoms with E-state index < -0.39 is 35.7 Å². The molecule has 1 heterocycles. The fourth-order valence-corrected chi connectivity index (χ4v) is 3.67. The van der Waals surface area contributed by atoms with Gasteiger partial charge in [-0.3, -0.25) is 9.27 Å². The third-order valence-corrected chi connectivity index (χ3v) is 5.27. The van der Waals surface area contributed by atoms with Crippen LogP contribution in [-0.4, -0.2) is 31.7 Å². The fraction of sp³-hybridized carbons (Fsp3) is 0. The molecule has 12 heteroatoms. The van der Waals surface area contributed by atoms with E-state index in [1.165, 1.54) is 12.1 Å². The van der Waals surface area contributed by atoms with E-state index in [-0.39, 0.29) is 16.7 Å². The van der Waals surface area contributed by atoms with Crippen LogP contribution in [0.3, 0.4) is 0 Å². The SMILES string of the molecule is O=S(=O)(O)c1cccc(NS(=O)(=O)c2ccc(F)c3nonc23)c1. The van der Waals surface area contributed by atoms with Crippen LogP contribution in [0.5, 0.6) is 0 Å². The number of sulfonamides is 1. The van der Waals surface area contributed by atoms with Crippen LogP contribution in [0.1, 0.15) is 0 Å². The molecule has 3 aromatic rings. The first kappa shape index (κ1) is 16.3. The van der Waals surface area contributed by atoms with Gasteiger partial charge in [0.2, 0.25) is 0 Å². The highest BCUT2D eigenvalue weighted by Crippen LogP contribution is 2.25. The molecule has 2 aromatic carbocycles. The molecule has 1 aromatic heterocycles. The van der Waals surface area contributed by atoms with Crippen LogP contribution < -0.4 is 4.72 Å². The third kappa shape index (κ3) is 2.93. The van der Waals surface area contributed by atoms with Gasteiger partial charge in [-0.2, -0.15) is 8.42 Å². The average molecular weight is 373 g/mol. The minimum Gasteiger partial charge on any atom is -0.282 e. The number of hydrogen-bond donors (Lipinski definition) is 2. The second-order valence-corrected chi connectivity index (χ2v) is 7.69. The predicted molar refractivity (Wildman–Crippen MR) is 78.8 cm³/mol. The molecule has 3 rings (SSSR count). The van der Waals surface area contributed by atoms with E-state index in [0.717, 1.165) is 24.3 Å². The van der Waals surface area contributed by atoms with Crippen molar-refractivity contribution in [1.29, 1.82) is 0 Å². The van der Waals surface area contributed by atoms with E-state index in [1.54, 1.807) is 0 Å². The lowest BCUT2D eigenvalue weighted by atomic mass is 10.3. The summed E-state index contributed by atoms with van der Waals surface area (Å²) in [5.41, 5.74) is -0.794. The van der Waals surface area contributed by atoms with Crippen molar-refractivity contribution in [2.75, 3.05) is 4.72 Å². The fourth-order valence-electron chi connectivity index (χ4n) is 1.96. The Kier molecular flexibility index (Phi) is 3.74. The largest absolute Gasteiger partial charge is 0.294 e. The summed E-state index contributed by atoms with van der Waals surface area (Å²) < 4.78 is 76.1. The van der Waals surface area contributed by atoms with Gasteiger partial charge in [0.25, 0.3) is 20.1 Å². The van der Waals surface area contributed by atoms with E-state index in [2.05, 4.69) is 19.7 Å². The molecular formula is C12H8FN3O6S2. The molecular weight excluding hydrogens is 365 g/mol. The number of benzene rings is 2. The van der Waals surface area contributed by atoms with E-state index in [0.29, 0.717) is 0 Å². The summed E-state index contributed by atoms with van der Waals surface area (Å²) in [5, 5.41) is 6.64. The van der Waals surface area contributed by atoms with Crippen molar-refractivity contribution < 1.29 is 30.4 Å². The molecule has 0 aliphatic rings. The standard InChI is InChI=1S/C12H8FN3O6S2/c13-9-4-5-10(12-11(9)14-22-15-12)23(17,18)16-7-2-1-3-8(6-7)24(19,20)21/h1-6,16H,(H,19,20,21). The maximum Gasteiger partial charge on any atom is 0.294 e. The highest BCUT2D eigenvalue weighted by Gasteiger charge is 2.23. The van der Waals surface area contributed by atoms with Gasteiger partial charge < -0.3 is 0 Å². The second-order valence-electron chi connectivity index (χ2n) is 4.62. The first-order valence-electron chi connectivity index (χ1n) is 6.20. The quantitative estimate of drug-likeness (QED) is 0.654. The van der Waals surface area contributed by atoms with Crippen LogP contribution in [0, 0.1) is 5.82 Å². The number of aromatic nitrogens is 2. The van der Waals surface area contributed by atoms with Gasteiger partial charge in [0.15, 0.2) is 16.9 Å². The Bertz CT molecular complexity index is 1140. The van der Waals surface area contributed by atoms with Crippen molar-refractivity contribution in [3.8, 4) is 0 Å². The van der Waals surface area contributed by atoms with Crippen molar-refractivity contribution >= 4 is 36.9 Å². The zero-order valence-electron chi connectivity index (χ0n) is 11.5. The Morgan fingerprint density at radius 2 is 1.75 bits per heavy atom. The minimum atomic E-state index is -4.50. The van der Waals surface area contributed by atoms with Gasteiger partial charge in [-0.15, -0.1) is 0 Å². The molecule has 9 nitrogen and oxygen atoms in total. The summed E-state index contributed by atoms with van der Waals surface area (Å²) in [4.78, 5) is -0.896. The number of hydrogen-bond acceptors (Lipinski definition) is 7. The van der Waals surface area contributed by atoms with Crippen LogP contribution in [0.2, 0.25) is 0 Å². The molecule has 0 amide bonds. The van der Waals surface area contributed by atoms with Gasteiger partial charge in [-0.05, 0) is 40.6 Å². The Labute approximate surface area is 134 Å². The van der Waals surface area contributed by atoms with Crippen molar-refractivity contribution in [3.63, 3.8) is 0 Å². The predicted octanol–water partition coefficient (Wildman–Crippen LogP) is 1.41. The van der Waals surface area contributed by atoms with E-state index >= 15 is 0 Å². The van der Waals surface area contributed by atoms with Crippen molar-refractivity contribution in [2.24, 2.45) is 0 Å². The molecule has 0 radical (unpaired) electrons. The summed E-state index contributed by atoms with van der Waals surface area (Å²) >= 11 is 0. The lowest BCUT2D eigenvalue weighted by Crippen LogP contribution is -2.14. The maximum atomic E-state index is 13.5. The lowest BCUT2D eigenvalue weighted by molar-refractivity contribution is 0.314. The third-order valence-electron chi connectivity index (χ3n) is 3.00. The topological polar surface area (TPSA) is 139 Å². The number of nitrogens with zero attached hydrogens (tertiary/aromatic N) is 2. The molecule has 0 aliphatic carbocycles. The number of halogens is 1. The van der Waals surface area contributed by atoms with Gasteiger partial charge in [0.05, 0.1) is 10.6 Å².